The molecule has 1 saturated heterocycles. The van der Waals surface area contributed by atoms with Crippen molar-refractivity contribution in [3.05, 3.63) is 36.3 Å². The summed E-state index contributed by atoms with van der Waals surface area (Å²) in [6, 6.07) is 4.33. The Hall–Kier alpha value is -2.63. The maximum Gasteiger partial charge on any atom is 0.317 e. The van der Waals surface area contributed by atoms with Crippen LogP contribution >= 0.6 is 0 Å². The predicted octanol–water partition coefficient (Wildman–Crippen LogP) is 3.41. The monoisotopic (exact) mass is 349 g/mol. The number of hydrogen-bond donors (Lipinski definition) is 2. The van der Waals surface area contributed by atoms with Gasteiger partial charge in [0, 0.05) is 42.8 Å². The third-order valence-corrected chi connectivity index (χ3v) is 5.78. The van der Waals surface area contributed by atoms with E-state index in [9.17, 15) is 4.79 Å². The van der Waals surface area contributed by atoms with Gasteiger partial charge in [0.1, 0.15) is 0 Å². The van der Waals surface area contributed by atoms with Gasteiger partial charge in [0.05, 0.1) is 11.7 Å². The number of piperidine rings is 1. The lowest BCUT2D eigenvalue weighted by molar-refractivity contribution is 0.181. The lowest BCUT2D eigenvalue weighted by Gasteiger charge is -2.32. The van der Waals surface area contributed by atoms with E-state index in [2.05, 4.69) is 26.3 Å². The first-order valence-electron chi connectivity index (χ1n) is 9.53. The number of carbonyl (C=O) groups is 1. The molecule has 1 aliphatic carbocycles. The molecule has 0 radical (unpaired) electrons. The van der Waals surface area contributed by atoms with Gasteiger partial charge in [-0.3, -0.25) is 0 Å². The molecule has 4 heterocycles. The Bertz CT molecular complexity index is 953. The third kappa shape index (κ3) is 2.79. The smallest absolute Gasteiger partial charge is 0.317 e. The highest BCUT2D eigenvalue weighted by Gasteiger charge is 2.27. The highest BCUT2D eigenvalue weighted by molar-refractivity contribution is 6.05. The van der Waals surface area contributed by atoms with Crippen LogP contribution in [0.3, 0.4) is 0 Å². The van der Waals surface area contributed by atoms with Gasteiger partial charge >= 0.3 is 6.03 Å². The van der Waals surface area contributed by atoms with Crippen molar-refractivity contribution in [1.29, 1.82) is 0 Å². The minimum Gasteiger partial charge on any atom is -0.360 e. The van der Waals surface area contributed by atoms with E-state index in [-0.39, 0.29) is 6.03 Å². The van der Waals surface area contributed by atoms with Crippen molar-refractivity contribution in [2.75, 3.05) is 19.6 Å². The van der Waals surface area contributed by atoms with Crippen molar-refractivity contribution in [1.82, 2.24) is 25.2 Å². The number of carbonyl (C=O) groups excluding carboxylic acids is 1. The fraction of sp³-hybridized carbons (Fsp3) is 0.450. The minimum atomic E-state index is 0.105. The van der Waals surface area contributed by atoms with Crippen molar-refractivity contribution >= 4 is 28.0 Å². The molecular formula is C20H23N5O. The first kappa shape index (κ1) is 15.6. The zero-order chi connectivity index (χ0) is 17.5. The van der Waals surface area contributed by atoms with E-state index in [0.29, 0.717) is 5.92 Å². The van der Waals surface area contributed by atoms with E-state index in [4.69, 9.17) is 0 Å². The highest BCUT2D eigenvalue weighted by Crippen LogP contribution is 2.35. The van der Waals surface area contributed by atoms with Crippen LogP contribution in [0.15, 0.2) is 30.7 Å². The molecule has 3 aromatic heterocycles. The van der Waals surface area contributed by atoms with E-state index in [0.717, 1.165) is 54.9 Å². The Morgan fingerprint density at radius 2 is 2.04 bits per heavy atom. The van der Waals surface area contributed by atoms with Gasteiger partial charge in [0.15, 0.2) is 5.65 Å². The third-order valence-electron chi connectivity index (χ3n) is 5.78. The number of pyridine rings is 2. The molecule has 0 unspecified atom stereocenters. The zero-order valence-electron chi connectivity index (χ0n) is 14.7. The van der Waals surface area contributed by atoms with Gasteiger partial charge in [0.25, 0.3) is 0 Å². The summed E-state index contributed by atoms with van der Waals surface area (Å²) in [5.41, 5.74) is 3.19. The number of nitrogens with one attached hydrogen (secondary N) is 2. The van der Waals surface area contributed by atoms with Crippen molar-refractivity contribution in [3.8, 4) is 0 Å². The van der Waals surface area contributed by atoms with Crippen LogP contribution in [0.25, 0.3) is 21.9 Å². The van der Waals surface area contributed by atoms with Crippen LogP contribution in [-0.2, 0) is 0 Å². The summed E-state index contributed by atoms with van der Waals surface area (Å²) in [6.07, 6.45) is 10.2. The molecule has 0 aromatic carbocycles. The maximum atomic E-state index is 12.3. The summed E-state index contributed by atoms with van der Waals surface area (Å²) >= 11 is 0. The Kier molecular flexibility index (Phi) is 3.76. The molecule has 134 valence electrons. The molecule has 2 N–H and O–H groups in total. The Labute approximate surface area is 152 Å². The highest BCUT2D eigenvalue weighted by atomic mass is 16.2. The van der Waals surface area contributed by atoms with E-state index in [1.54, 1.807) is 0 Å². The molecule has 2 aliphatic rings. The molecule has 3 aromatic rings. The summed E-state index contributed by atoms with van der Waals surface area (Å²) < 4.78 is 0. The number of hydrogen-bond acceptors (Lipinski definition) is 3. The summed E-state index contributed by atoms with van der Waals surface area (Å²) in [5, 5.41) is 5.42. The number of H-pyrrole nitrogens is 1. The number of urea groups is 1. The standard InChI is InChI=1S/C20H23N5O/c26-20(24-11-13-1-2-13)25-9-5-14(6-10-25)15-3-7-21-17-12-23-19-16(18(15)17)4-8-22-19/h3-4,7-8,12-14,21H,1-2,5-6,9-11H2,(H,24,26). The lowest BCUT2D eigenvalue weighted by Crippen LogP contribution is -2.44. The van der Waals surface area contributed by atoms with Crippen LogP contribution in [-0.4, -0.2) is 45.5 Å². The van der Waals surface area contributed by atoms with Crippen LogP contribution in [0.2, 0.25) is 0 Å². The molecule has 1 aliphatic heterocycles. The second-order valence-corrected chi connectivity index (χ2v) is 7.55. The quantitative estimate of drug-likeness (QED) is 0.761. The largest absolute Gasteiger partial charge is 0.360 e. The molecule has 0 atom stereocenters. The topological polar surface area (TPSA) is 73.9 Å². The number of fused-ring (bicyclic) bond motifs is 3. The number of nitrogens with zero attached hydrogens (tertiary/aromatic N) is 3. The van der Waals surface area contributed by atoms with E-state index in [1.165, 1.54) is 23.8 Å². The van der Waals surface area contributed by atoms with Crippen molar-refractivity contribution in [2.24, 2.45) is 5.92 Å². The number of rotatable bonds is 3. The normalized spacial score (nSPS) is 18.5. The first-order chi connectivity index (χ1) is 12.8. The fourth-order valence-corrected chi connectivity index (χ4v) is 4.08. The van der Waals surface area contributed by atoms with Gasteiger partial charge < -0.3 is 15.2 Å². The number of amides is 2. The molecule has 2 fully saturated rings. The Morgan fingerprint density at radius 1 is 1.19 bits per heavy atom. The lowest BCUT2D eigenvalue weighted by atomic mass is 9.87. The fourth-order valence-electron chi connectivity index (χ4n) is 4.08. The summed E-state index contributed by atoms with van der Waals surface area (Å²) in [7, 11) is 0. The van der Waals surface area contributed by atoms with Crippen molar-refractivity contribution in [2.45, 2.75) is 31.6 Å². The average Bonchev–Trinajstić information content (AvgIpc) is 3.39. The second-order valence-electron chi connectivity index (χ2n) is 7.55. The van der Waals surface area contributed by atoms with Crippen LogP contribution in [0.5, 0.6) is 0 Å². The Morgan fingerprint density at radius 3 is 2.85 bits per heavy atom. The average molecular weight is 349 g/mol. The molecular weight excluding hydrogens is 326 g/mol. The van der Waals surface area contributed by atoms with Gasteiger partial charge in [-0.15, -0.1) is 0 Å². The summed E-state index contributed by atoms with van der Waals surface area (Å²) in [5.74, 6) is 1.18. The van der Waals surface area contributed by atoms with E-state index >= 15 is 0 Å². The van der Waals surface area contributed by atoms with E-state index < -0.39 is 0 Å². The number of aromatic amines is 1. The molecule has 0 bridgehead atoms. The van der Waals surface area contributed by atoms with Crippen molar-refractivity contribution < 1.29 is 4.79 Å². The van der Waals surface area contributed by atoms with Crippen LogP contribution in [0.1, 0.15) is 37.2 Å². The van der Waals surface area contributed by atoms with Crippen LogP contribution in [0.4, 0.5) is 4.79 Å². The molecule has 2 amide bonds. The second kappa shape index (κ2) is 6.27. The van der Waals surface area contributed by atoms with Gasteiger partial charge in [-0.25, -0.2) is 14.8 Å². The minimum absolute atomic E-state index is 0.105. The maximum absolute atomic E-state index is 12.3. The molecule has 5 rings (SSSR count). The van der Waals surface area contributed by atoms with Gasteiger partial charge in [-0.05, 0) is 55.2 Å². The predicted molar refractivity (Wildman–Crippen MR) is 101 cm³/mol. The SMILES string of the molecule is O=C(NCC1CC1)N1CCC(c2cc[nH]c3cnc4nccc4c23)CC1. The van der Waals surface area contributed by atoms with Crippen molar-refractivity contribution in [3.63, 3.8) is 0 Å². The molecule has 1 saturated carbocycles. The molecule has 26 heavy (non-hydrogen) atoms. The van der Waals surface area contributed by atoms with E-state index in [1.807, 2.05) is 29.6 Å². The van der Waals surface area contributed by atoms with Gasteiger partial charge in [-0.2, -0.15) is 0 Å². The van der Waals surface area contributed by atoms with Gasteiger partial charge in [-0.1, -0.05) is 0 Å². The molecule has 6 nitrogen and oxygen atoms in total. The van der Waals surface area contributed by atoms with Gasteiger partial charge in [0.2, 0.25) is 0 Å². The number of likely N-dealkylation sites (tertiary alicyclic amines) is 1. The number of aromatic nitrogens is 3. The molecule has 0 spiro atoms. The summed E-state index contributed by atoms with van der Waals surface area (Å²) in [4.78, 5) is 26.4. The molecule has 6 heteroatoms. The first-order valence-corrected chi connectivity index (χ1v) is 9.53. The summed E-state index contributed by atoms with van der Waals surface area (Å²) in [6.45, 7) is 2.47. The Balaban J connectivity index is 1.36. The zero-order valence-corrected chi connectivity index (χ0v) is 14.7. The van der Waals surface area contributed by atoms with Crippen LogP contribution < -0.4 is 5.32 Å². The van der Waals surface area contributed by atoms with Crippen LogP contribution in [0, 0.1) is 5.92 Å².